The first-order chi connectivity index (χ1) is 17.1. The number of nitrogens with zero attached hydrogens (tertiary/aromatic N) is 1. The first-order valence-electron chi connectivity index (χ1n) is 12.8. The maximum Gasteiger partial charge on any atom is 0.319 e. The number of likely N-dealkylation sites (N-methyl/N-ethyl adjacent to an activating group) is 1. The van der Waals surface area contributed by atoms with Gasteiger partial charge in [0.1, 0.15) is 0 Å². The molecule has 0 unspecified atom stereocenters. The zero-order valence-corrected chi connectivity index (χ0v) is 21.7. The highest BCUT2D eigenvalue weighted by Crippen LogP contribution is 2.50. The maximum absolute atomic E-state index is 13.5. The fraction of sp³-hybridized carbons (Fsp3) is 0.536. The number of carbonyl (C=O) groups is 1. The minimum atomic E-state index is -0.992. The van der Waals surface area contributed by atoms with Crippen molar-refractivity contribution in [3.63, 3.8) is 0 Å². The van der Waals surface area contributed by atoms with Crippen molar-refractivity contribution in [2.75, 3.05) is 18.9 Å². The number of anilines is 1. The Morgan fingerprint density at radius 3 is 2.42 bits per heavy atom. The van der Waals surface area contributed by atoms with E-state index in [2.05, 4.69) is 34.7 Å². The van der Waals surface area contributed by atoms with Crippen molar-refractivity contribution in [3.8, 4) is 11.5 Å². The predicted octanol–water partition coefficient (Wildman–Crippen LogP) is 5.86. The lowest BCUT2D eigenvalue weighted by Crippen LogP contribution is -2.52. The maximum atomic E-state index is 13.5. The molecule has 1 aliphatic heterocycles. The summed E-state index contributed by atoms with van der Waals surface area (Å²) in [5.74, 6) is -0.413. The normalized spacial score (nSPS) is 24.0. The molecule has 36 heavy (non-hydrogen) atoms. The van der Waals surface area contributed by atoms with Crippen LogP contribution in [0, 0.1) is 11.6 Å². The van der Waals surface area contributed by atoms with Crippen LogP contribution in [0.15, 0.2) is 36.4 Å². The predicted molar refractivity (Wildman–Crippen MR) is 137 cm³/mol. The van der Waals surface area contributed by atoms with Crippen LogP contribution in [0.25, 0.3) is 0 Å². The van der Waals surface area contributed by atoms with E-state index >= 15 is 0 Å². The molecule has 2 aromatic carbocycles. The van der Waals surface area contributed by atoms with Gasteiger partial charge in [0.2, 0.25) is 0 Å². The molecule has 6 nitrogen and oxygen atoms in total. The molecule has 1 saturated heterocycles. The van der Waals surface area contributed by atoms with E-state index in [4.69, 9.17) is 9.47 Å². The van der Waals surface area contributed by atoms with Gasteiger partial charge in [-0.2, -0.15) is 0 Å². The highest BCUT2D eigenvalue weighted by Gasteiger charge is 2.50. The lowest BCUT2D eigenvalue weighted by Gasteiger charge is -2.45. The summed E-state index contributed by atoms with van der Waals surface area (Å²) in [4.78, 5) is 15.0. The fourth-order valence-corrected chi connectivity index (χ4v) is 5.69. The molecule has 2 aromatic rings. The van der Waals surface area contributed by atoms with Crippen molar-refractivity contribution in [3.05, 3.63) is 53.6 Å². The molecule has 4 rings (SSSR count). The monoisotopic (exact) mass is 501 g/mol. The standard InChI is InChI=1S/C28H37F2N3O3/c1-17(2)35-24-9-6-19(14-25(24)36-18(3)4)28-11-10-21(16-26(28)33(5)13-12-28)32-27(34)31-20-7-8-22(29)23(30)15-20/h6-9,14-15,17-18,21,26H,10-13,16H2,1-5H3,(H2,31,32,34)/t21-,26+,28-/m0/s1. The van der Waals surface area contributed by atoms with Crippen molar-refractivity contribution in [2.24, 2.45) is 0 Å². The van der Waals surface area contributed by atoms with Gasteiger partial charge < -0.3 is 25.0 Å². The highest BCUT2D eigenvalue weighted by atomic mass is 19.2. The lowest BCUT2D eigenvalue weighted by atomic mass is 9.65. The van der Waals surface area contributed by atoms with Gasteiger partial charge in [0, 0.05) is 29.3 Å². The average molecular weight is 502 g/mol. The Morgan fingerprint density at radius 1 is 1.00 bits per heavy atom. The van der Waals surface area contributed by atoms with Gasteiger partial charge in [0.25, 0.3) is 0 Å². The second-order valence-corrected chi connectivity index (χ2v) is 10.6. The number of hydrogen-bond donors (Lipinski definition) is 2. The number of halogens is 2. The van der Waals surface area contributed by atoms with E-state index in [0.29, 0.717) is 0 Å². The van der Waals surface area contributed by atoms with Gasteiger partial charge in [-0.15, -0.1) is 0 Å². The molecular formula is C28H37F2N3O3. The molecule has 1 saturated carbocycles. The van der Waals surface area contributed by atoms with Gasteiger partial charge in [0.15, 0.2) is 23.1 Å². The van der Waals surface area contributed by atoms with Crippen LogP contribution >= 0.6 is 0 Å². The molecule has 1 heterocycles. The number of urea groups is 1. The van der Waals surface area contributed by atoms with E-state index in [1.807, 2.05) is 33.8 Å². The molecule has 1 aliphatic carbocycles. The van der Waals surface area contributed by atoms with E-state index < -0.39 is 17.7 Å². The number of amides is 2. The molecule has 2 fully saturated rings. The molecule has 8 heteroatoms. The Bertz CT molecular complexity index is 1090. The van der Waals surface area contributed by atoms with Crippen LogP contribution in [-0.2, 0) is 5.41 Å². The van der Waals surface area contributed by atoms with E-state index in [-0.39, 0.29) is 35.4 Å². The number of fused-ring (bicyclic) bond motifs is 1. The van der Waals surface area contributed by atoms with Crippen molar-refractivity contribution in [1.29, 1.82) is 0 Å². The summed E-state index contributed by atoms with van der Waals surface area (Å²) in [5.41, 5.74) is 1.43. The zero-order valence-electron chi connectivity index (χ0n) is 21.7. The first kappa shape index (κ1) is 26.2. The summed E-state index contributed by atoms with van der Waals surface area (Å²) in [7, 11) is 2.14. The molecule has 2 amide bonds. The molecule has 2 aliphatic rings. The van der Waals surface area contributed by atoms with E-state index in [1.165, 1.54) is 11.6 Å². The summed E-state index contributed by atoms with van der Waals surface area (Å²) in [6.45, 7) is 9.01. The van der Waals surface area contributed by atoms with Crippen LogP contribution in [0.1, 0.15) is 58.9 Å². The second-order valence-electron chi connectivity index (χ2n) is 10.6. The van der Waals surface area contributed by atoms with Gasteiger partial charge in [0.05, 0.1) is 12.2 Å². The minimum absolute atomic E-state index is 0.0242. The molecule has 0 spiro atoms. The van der Waals surface area contributed by atoms with Crippen molar-refractivity contribution < 1.29 is 23.0 Å². The second kappa shape index (κ2) is 10.6. The number of nitrogens with one attached hydrogen (secondary N) is 2. The average Bonchev–Trinajstić information content (AvgIpc) is 3.14. The van der Waals surface area contributed by atoms with Crippen molar-refractivity contribution in [2.45, 2.75) is 83.1 Å². The number of benzene rings is 2. The summed E-state index contributed by atoms with van der Waals surface area (Å²) in [5, 5.41) is 5.65. The SMILES string of the molecule is CC(C)Oc1ccc([C@@]23CC[C@H](NC(=O)Nc4ccc(F)c(F)c4)C[C@H]2N(C)CC3)cc1OC(C)C. The third-order valence-corrected chi connectivity index (χ3v) is 7.28. The van der Waals surface area contributed by atoms with Crippen molar-refractivity contribution in [1.82, 2.24) is 10.2 Å². The summed E-state index contributed by atoms with van der Waals surface area (Å²) in [6.07, 6.45) is 3.65. The Kier molecular flexibility index (Phi) is 7.73. The van der Waals surface area contributed by atoms with E-state index in [9.17, 15) is 13.6 Å². The Balaban J connectivity index is 1.50. The summed E-state index contributed by atoms with van der Waals surface area (Å²) >= 11 is 0. The summed E-state index contributed by atoms with van der Waals surface area (Å²) < 4.78 is 38.8. The fourth-order valence-electron chi connectivity index (χ4n) is 5.69. The largest absolute Gasteiger partial charge is 0.487 e. The minimum Gasteiger partial charge on any atom is -0.487 e. The number of likely N-dealkylation sites (tertiary alicyclic amines) is 1. The van der Waals surface area contributed by atoms with Gasteiger partial charge >= 0.3 is 6.03 Å². The zero-order chi connectivity index (χ0) is 26.0. The quantitative estimate of drug-likeness (QED) is 0.499. The van der Waals surface area contributed by atoms with Crippen LogP contribution in [0.2, 0.25) is 0 Å². The first-order valence-corrected chi connectivity index (χ1v) is 12.8. The molecule has 196 valence electrons. The third-order valence-electron chi connectivity index (χ3n) is 7.28. The number of ether oxygens (including phenoxy) is 2. The molecule has 0 aromatic heterocycles. The third kappa shape index (κ3) is 5.59. The van der Waals surface area contributed by atoms with Crippen LogP contribution in [0.4, 0.5) is 19.3 Å². The van der Waals surface area contributed by atoms with Crippen LogP contribution in [0.5, 0.6) is 11.5 Å². The van der Waals surface area contributed by atoms with Crippen LogP contribution in [-0.4, -0.2) is 48.8 Å². The molecule has 2 N–H and O–H groups in total. The highest BCUT2D eigenvalue weighted by molar-refractivity contribution is 5.89. The van der Waals surface area contributed by atoms with E-state index in [0.717, 1.165) is 55.9 Å². The van der Waals surface area contributed by atoms with Gasteiger partial charge in [-0.3, -0.25) is 0 Å². The molecule has 0 radical (unpaired) electrons. The Labute approximate surface area is 212 Å². The summed E-state index contributed by atoms with van der Waals surface area (Å²) in [6, 6.07) is 9.48. The van der Waals surface area contributed by atoms with Gasteiger partial charge in [-0.25, -0.2) is 13.6 Å². The lowest BCUT2D eigenvalue weighted by molar-refractivity contribution is 0.155. The smallest absolute Gasteiger partial charge is 0.319 e. The number of hydrogen-bond acceptors (Lipinski definition) is 4. The molecule has 0 bridgehead atoms. The van der Waals surface area contributed by atoms with E-state index in [1.54, 1.807) is 0 Å². The Morgan fingerprint density at radius 2 is 1.72 bits per heavy atom. The number of carbonyl (C=O) groups excluding carboxylic acids is 1. The molecular weight excluding hydrogens is 464 g/mol. The Hall–Kier alpha value is -2.87. The van der Waals surface area contributed by atoms with Gasteiger partial charge in [-0.05, 0) is 96.8 Å². The van der Waals surface area contributed by atoms with Crippen LogP contribution in [0.3, 0.4) is 0 Å². The van der Waals surface area contributed by atoms with Crippen LogP contribution < -0.4 is 20.1 Å². The number of rotatable bonds is 7. The topological polar surface area (TPSA) is 62.8 Å². The van der Waals surface area contributed by atoms with Gasteiger partial charge in [-0.1, -0.05) is 6.07 Å². The molecule has 3 atom stereocenters. The van der Waals surface area contributed by atoms with Crippen molar-refractivity contribution >= 4 is 11.7 Å².